The maximum Gasteiger partial charge on any atom is 0.289 e. The Morgan fingerprint density at radius 3 is 2.48 bits per heavy atom. The summed E-state index contributed by atoms with van der Waals surface area (Å²) in [5.41, 5.74) is 0. The molecule has 1 saturated heterocycles. The molecule has 0 radical (unpaired) electrons. The van der Waals surface area contributed by atoms with Gasteiger partial charge < -0.3 is 19.5 Å². The molecule has 1 aliphatic carbocycles. The van der Waals surface area contributed by atoms with E-state index in [4.69, 9.17) is 4.42 Å². The van der Waals surface area contributed by atoms with Gasteiger partial charge in [0, 0.05) is 39.0 Å². The average Bonchev–Trinajstić information content (AvgIpc) is 3.15. The van der Waals surface area contributed by atoms with Gasteiger partial charge in [0.15, 0.2) is 11.8 Å². The van der Waals surface area contributed by atoms with E-state index in [1.54, 1.807) is 17.0 Å². The highest BCUT2D eigenvalue weighted by molar-refractivity contribution is 5.91. The van der Waals surface area contributed by atoms with E-state index in [1.807, 2.05) is 11.8 Å². The van der Waals surface area contributed by atoms with Crippen molar-refractivity contribution in [2.24, 2.45) is 0 Å². The van der Waals surface area contributed by atoms with Crippen LogP contribution in [0.3, 0.4) is 0 Å². The fourth-order valence-electron chi connectivity index (χ4n) is 2.75. The van der Waals surface area contributed by atoms with Crippen molar-refractivity contribution in [3.63, 3.8) is 0 Å². The Morgan fingerprint density at radius 2 is 1.90 bits per heavy atom. The molecule has 3 rings (SSSR count). The number of quaternary nitrogens is 1. The maximum atomic E-state index is 12.3. The summed E-state index contributed by atoms with van der Waals surface area (Å²) in [6.45, 7) is 4.33. The molecule has 0 bridgehead atoms. The molecule has 1 aromatic rings. The number of furan rings is 1. The second kappa shape index (κ2) is 5.89. The van der Waals surface area contributed by atoms with E-state index in [2.05, 4.69) is 5.32 Å². The van der Waals surface area contributed by atoms with Crippen molar-refractivity contribution in [1.82, 2.24) is 9.80 Å². The number of carbonyl (C=O) groups excluding carboxylic acids is 2. The van der Waals surface area contributed by atoms with E-state index in [0.717, 1.165) is 0 Å². The van der Waals surface area contributed by atoms with E-state index in [1.165, 1.54) is 19.1 Å². The van der Waals surface area contributed by atoms with Crippen molar-refractivity contribution in [1.29, 1.82) is 0 Å². The van der Waals surface area contributed by atoms with Crippen LogP contribution in [0.4, 0.5) is 0 Å². The van der Waals surface area contributed by atoms with Gasteiger partial charge in [-0.05, 0) is 19.1 Å². The second-order valence-corrected chi connectivity index (χ2v) is 5.91. The molecule has 6 nitrogen and oxygen atoms in total. The first-order valence-corrected chi connectivity index (χ1v) is 7.61. The molecule has 1 aromatic heterocycles. The number of carbonyl (C=O) groups is 2. The highest BCUT2D eigenvalue weighted by atomic mass is 16.3. The Morgan fingerprint density at radius 1 is 1.24 bits per heavy atom. The molecule has 114 valence electrons. The Hall–Kier alpha value is -1.82. The van der Waals surface area contributed by atoms with Crippen LogP contribution in [0.15, 0.2) is 22.8 Å². The standard InChI is InChI=1S/C15H21N3O3/c1-11(16-12-4-5-12)14(19)17-6-8-18(9-7-17)15(20)13-3-2-10-21-13/h2-3,10-12,16H,4-9H2,1H3/p+1/t11-/m0/s1. The van der Waals surface area contributed by atoms with Crippen molar-refractivity contribution < 1.29 is 19.3 Å². The lowest BCUT2D eigenvalue weighted by Crippen LogP contribution is -2.93. The minimum absolute atomic E-state index is 0.00942. The van der Waals surface area contributed by atoms with E-state index in [9.17, 15) is 9.59 Å². The molecule has 1 aliphatic heterocycles. The average molecular weight is 292 g/mol. The third-order valence-electron chi connectivity index (χ3n) is 4.18. The summed E-state index contributed by atoms with van der Waals surface area (Å²) in [5.74, 6) is 0.460. The number of piperazine rings is 1. The first-order chi connectivity index (χ1) is 10.1. The predicted octanol–water partition coefficient (Wildman–Crippen LogP) is -0.322. The van der Waals surface area contributed by atoms with Gasteiger partial charge >= 0.3 is 0 Å². The molecule has 21 heavy (non-hydrogen) atoms. The molecular weight excluding hydrogens is 270 g/mol. The Balaban J connectivity index is 1.50. The molecule has 0 unspecified atom stereocenters. The molecule has 0 spiro atoms. The summed E-state index contributed by atoms with van der Waals surface area (Å²) >= 11 is 0. The molecule has 2 N–H and O–H groups in total. The van der Waals surface area contributed by atoms with E-state index in [-0.39, 0.29) is 17.9 Å². The predicted molar refractivity (Wildman–Crippen MR) is 75.6 cm³/mol. The van der Waals surface area contributed by atoms with Gasteiger partial charge in [-0.25, -0.2) is 0 Å². The van der Waals surface area contributed by atoms with E-state index < -0.39 is 0 Å². The zero-order valence-electron chi connectivity index (χ0n) is 12.3. The van der Waals surface area contributed by atoms with Crippen LogP contribution in [0.1, 0.15) is 30.3 Å². The lowest BCUT2D eigenvalue weighted by molar-refractivity contribution is -0.687. The van der Waals surface area contributed by atoms with Gasteiger partial charge in [-0.2, -0.15) is 0 Å². The molecule has 2 amide bonds. The van der Waals surface area contributed by atoms with Crippen LogP contribution in [0.2, 0.25) is 0 Å². The molecule has 2 fully saturated rings. The molecule has 1 atom stereocenters. The third-order valence-corrected chi connectivity index (χ3v) is 4.18. The van der Waals surface area contributed by atoms with Crippen LogP contribution in [-0.2, 0) is 4.79 Å². The molecule has 6 heteroatoms. The number of amides is 2. The quantitative estimate of drug-likeness (QED) is 0.827. The van der Waals surface area contributed by atoms with Crippen LogP contribution in [0, 0.1) is 0 Å². The summed E-state index contributed by atoms with van der Waals surface area (Å²) in [7, 11) is 0. The van der Waals surface area contributed by atoms with Crippen molar-refractivity contribution in [2.75, 3.05) is 26.2 Å². The zero-order valence-corrected chi connectivity index (χ0v) is 12.3. The van der Waals surface area contributed by atoms with Crippen molar-refractivity contribution >= 4 is 11.8 Å². The van der Waals surface area contributed by atoms with Crippen LogP contribution in [0.5, 0.6) is 0 Å². The highest BCUT2D eigenvalue weighted by Crippen LogP contribution is 2.14. The monoisotopic (exact) mass is 292 g/mol. The van der Waals surface area contributed by atoms with Gasteiger partial charge in [0.05, 0.1) is 12.3 Å². The van der Waals surface area contributed by atoms with E-state index >= 15 is 0 Å². The first-order valence-electron chi connectivity index (χ1n) is 7.61. The van der Waals surface area contributed by atoms with Crippen LogP contribution >= 0.6 is 0 Å². The number of hydrogen-bond donors (Lipinski definition) is 1. The molecule has 2 heterocycles. The molecule has 1 saturated carbocycles. The number of nitrogens with zero attached hydrogens (tertiary/aromatic N) is 2. The lowest BCUT2D eigenvalue weighted by Gasteiger charge is -2.35. The first kappa shape index (κ1) is 14.1. The van der Waals surface area contributed by atoms with Gasteiger partial charge in [-0.1, -0.05) is 0 Å². The Kier molecular flexibility index (Phi) is 3.96. The summed E-state index contributed by atoms with van der Waals surface area (Å²) < 4.78 is 5.13. The van der Waals surface area contributed by atoms with Gasteiger partial charge in [0.1, 0.15) is 0 Å². The maximum absolute atomic E-state index is 12.3. The summed E-state index contributed by atoms with van der Waals surface area (Å²) in [5, 5.41) is 2.17. The molecular formula is C15H22N3O3+. The summed E-state index contributed by atoms with van der Waals surface area (Å²) in [6, 6.07) is 4.02. The number of rotatable bonds is 4. The van der Waals surface area contributed by atoms with Gasteiger partial charge in [-0.15, -0.1) is 0 Å². The van der Waals surface area contributed by atoms with E-state index in [0.29, 0.717) is 38.0 Å². The minimum atomic E-state index is -0.0929. The van der Waals surface area contributed by atoms with Crippen LogP contribution < -0.4 is 5.32 Å². The summed E-state index contributed by atoms with van der Waals surface area (Å²) in [6.07, 6.45) is 3.95. The van der Waals surface area contributed by atoms with Crippen molar-refractivity contribution in [2.45, 2.75) is 31.8 Å². The lowest BCUT2D eigenvalue weighted by atomic mass is 10.2. The zero-order chi connectivity index (χ0) is 14.8. The topological polar surface area (TPSA) is 70.4 Å². The van der Waals surface area contributed by atoms with Crippen LogP contribution in [-0.4, -0.2) is 59.9 Å². The fraction of sp³-hybridized carbons (Fsp3) is 0.600. The van der Waals surface area contributed by atoms with Gasteiger partial charge in [0.25, 0.3) is 11.8 Å². The smallest absolute Gasteiger partial charge is 0.289 e. The second-order valence-electron chi connectivity index (χ2n) is 5.91. The van der Waals surface area contributed by atoms with Gasteiger partial charge in [-0.3, -0.25) is 9.59 Å². The minimum Gasteiger partial charge on any atom is -0.459 e. The van der Waals surface area contributed by atoms with Crippen molar-refractivity contribution in [3.05, 3.63) is 24.2 Å². The highest BCUT2D eigenvalue weighted by Gasteiger charge is 2.34. The normalized spacial score (nSPS) is 20.4. The third kappa shape index (κ3) is 3.26. The molecule has 2 aliphatic rings. The Labute approximate surface area is 124 Å². The Bertz CT molecular complexity index is 502. The SMILES string of the molecule is C[C@H]([NH2+]C1CC1)C(=O)N1CCN(C(=O)c2ccco2)CC1. The number of hydrogen-bond acceptors (Lipinski definition) is 3. The van der Waals surface area contributed by atoms with Crippen molar-refractivity contribution in [3.8, 4) is 0 Å². The fourth-order valence-corrected chi connectivity index (χ4v) is 2.75. The van der Waals surface area contributed by atoms with Gasteiger partial charge in [0.2, 0.25) is 0 Å². The number of nitrogens with two attached hydrogens (primary N) is 1. The summed E-state index contributed by atoms with van der Waals surface area (Å²) in [4.78, 5) is 28.1. The molecule has 0 aromatic carbocycles. The largest absolute Gasteiger partial charge is 0.459 e. The van der Waals surface area contributed by atoms with Crippen LogP contribution in [0.25, 0.3) is 0 Å².